The van der Waals surface area contributed by atoms with E-state index in [1.54, 1.807) is 6.92 Å². The van der Waals surface area contributed by atoms with Crippen LogP contribution < -0.4 is 0 Å². The molecule has 74 valence electrons. The summed E-state index contributed by atoms with van der Waals surface area (Å²) in [6.45, 7) is 1.91. The second-order valence-corrected chi connectivity index (χ2v) is 2.92. The maximum absolute atomic E-state index is 9.59. The molecule has 0 aromatic carbocycles. The van der Waals surface area contributed by atoms with Crippen molar-refractivity contribution in [2.75, 3.05) is 13.7 Å². The van der Waals surface area contributed by atoms with Gasteiger partial charge in [-0.1, -0.05) is 5.92 Å². The number of hydrogen-bond donors (Lipinski definition) is 1. The van der Waals surface area contributed by atoms with Crippen LogP contribution in [0.1, 0.15) is 6.92 Å². The Balaban J connectivity index is 2.53. The van der Waals surface area contributed by atoms with Gasteiger partial charge in [0.15, 0.2) is 6.29 Å². The predicted octanol–water partition coefficient (Wildman–Crippen LogP) is -0.243. The van der Waals surface area contributed by atoms with Gasteiger partial charge in [0.1, 0.15) is 18.8 Å². The standard InChI is InChI=1S/C9H14O4/c1-4-5-12-8-7(10)6(2)13-9(8)11-3/h1,6-10H,5H2,2-3H3/t6-,7-,8+,9+/m0/s1. The summed E-state index contributed by atoms with van der Waals surface area (Å²) in [7, 11) is 1.50. The third kappa shape index (κ3) is 2.20. The van der Waals surface area contributed by atoms with Crippen molar-refractivity contribution in [2.24, 2.45) is 0 Å². The molecular weight excluding hydrogens is 172 g/mol. The van der Waals surface area contributed by atoms with E-state index >= 15 is 0 Å². The van der Waals surface area contributed by atoms with Crippen LogP contribution >= 0.6 is 0 Å². The fourth-order valence-corrected chi connectivity index (χ4v) is 1.31. The minimum absolute atomic E-state index is 0.150. The number of ether oxygens (including phenoxy) is 3. The van der Waals surface area contributed by atoms with Crippen LogP contribution in [-0.4, -0.2) is 43.4 Å². The van der Waals surface area contributed by atoms with Crippen LogP contribution in [-0.2, 0) is 14.2 Å². The Kier molecular flexibility index (Phi) is 3.70. The third-order valence-corrected chi connectivity index (χ3v) is 2.03. The molecular formula is C9H14O4. The number of rotatable bonds is 3. The highest BCUT2D eigenvalue weighted by Crippen LogP contribution is 2.23. The highest BCUT2D eigenvalue weighted by Gasteiger charge is 2.42. The Bertz CT molecular complexity index is 198. The van der Waals surface area contributed by atoms with Gasteiger partial charge in [-0.2, -0.15) is 0 Å². The molecule has 1 aliphatic rings. The fraction of sp³-hybridized carbons (Fsp3) is 0.778. The zero-order chi connectivity index (χ0) is 9.84. The van der Waals surface area contributed by atoms with Crippen LogP contribution in [0.3, 0.4) is 0 Å². The van der Waals surface area contributed by atoms with Crippen LogP contribution in [0, 0.1) is 12.3 Å². The predicted molar refractivity (Wildman–Crippen MR) is 45.9 cm³/mol. The molecule has 1 N–H and O–H groups in total. The second-order valence-electron chi connectivity index (χ2n) is 2.92. The quantitative estimate of drug-likeness (QED) is 0.618. The average molecular weight is 186 g/mol. The van der Waals surface area contributed by atoms with E-state index in [-0.39, 0.29) is 12.7 Å². The molecule has 0 saturated carbocycles. The number of aliphatic hydroxyl groups excluding tert-OH is 1. The Morgan fingerprint density at radius 1 is 1.62 bits per heavy atom. The maximum atomic E-state index is 9.59. The van der Waals surface area contributed by atoms with Gasteiger partial charge in [-0.25, -0.2) is 0 Å². The highest BCUT2D eigenvalue weighted by molar-refractivity contribution is 4.89. The lowest BCUT2D eigenvalue weighted by Crippen LogP contribution is -2.35. The van der Waals surface area contributed by atoms with Gasteiger partial charge in [0.25, 0.3) is 0 Å². The van der Waals surface area contributed by atoms with Gasteiger partial charge < -0.3 is 19.3 Å². The first-order valence-corrected chi connectivity index (χ1v) is 4.12. The lowest BCUT2D eigenvalue weighted by Gasteiger charge is -2.17. The minimum atomic E-state index is -0.682. The Morgan fingerprint density at radius 3 is 2.85 bits per heavy atom. The topological polar surface area (TPSA) is 47.9 Å². The summed E-state index contributed by atoms with van der Waals surface area (Å²) in [6.07, 6.45) is 3.05. The van der Waals surface area contributed by atoms with E-state index < -0.39 is 18.5 Å². The summed E-state index contributed by atoms with van der Waals surface area (Å²) in [5.74, 6) is 2.33. The molecule has 0 bridgehead atoms. The summed E-state index contributed by atoms with van der Waals surface area (Å²) in [4.78, 5) is 0. The summed E-state index contributed by atoms with van der Waals surface area (Å²) >= 11 is 0. The lowest BCUT2D eigenvalue weighted by atomic mass is 10.1. The summed E-state index contributed by atoms with van der Waals surface area (Å²) in [5.41, 5.74) is 0. The molecule has 4 nitrogen and oxygen atoms in total. The van der Waals surface area contributed by atoms with Crippen molar-refractivity contribution < 1.29 is 19.3 Å². The smallest absolute Gasteiger partial charge is 0.186 e. The van der Waals surface area contributed by atoms with Crippen molar-refractivity contribution in [2.45, 2.75) is 31.5 Å². The zero-order valence-electron chi connectivity index (χ0n) is 7.77. The summed E-state index contributed by atoms with van der Waals surface area (Å²) < 4.78 is 15.5. The van der Waals surface area contributed by atoms with Gasteiger partial charge in [0.05, 0.1) is 6.10 Å². The van der Waals surface area contributed by atoms with Crippen molar-refractivity contribution in [3.63, 3.8) is 0 Å². The SMILES string of the molecule is C#CCO[C@H]1[C@H](OC)O[C@@H](C)[C@@H]1O. The average Bonchev–Trinajstić information content (AvgIpc) is 2.40. The van der Waals surface area contributed by atoms with Crippen molar-refractivity contribution in [1.82, 2.24) is 0 Å². The van der Waals surface area contributed by atoms with Crippen LogP contribution in [0.4, 0.5) is 0 Å². The van der Waals surface area contributed by atoms with Gasteiger partial charge in [0.2, 0.25) is 0 Å². The number of terminal acetylenes is 1. The molecule has 1 aliphatic heterocycles. The van der Waals surface area contributed by atoms with E-state index in [2.05, 4.69) is 5.92 Å². The molecule has 0 amide bonds. The van der Waals surface area contributed by atoms with E-state index in [4.69, 9.17) is 20.6 Å². The van der Waals surface area contributed by atoms with Gasteiger partial charge >= 0.3 is 0 Å². The molecule has 0 aromatic rings. The van der Waals surface area contributed by atoms with Gasteiger partial charge in [-0.15, -0.1) is 6.42 Å². The molecule has 0 aliphatic carbocycles. The van der Waals surface area contributed by atoms with Crippen molar-refractivity contribution in [1.29, 1.82) is 0 Å². The first-order chi connectivity index (χ1) is 6.20. The minimum Gasteiger partial charge on any atom is -0.387 e. The highest BCUT2D eigenvalue weighted by atomic mass is 16.7. The summed E-state index contributed by atoms with van der Waals surface area (Å²) in [5, 5.41) is 9.59. The molecule has 0 unspecified atom stereocenters. The van der Waals surface area contributed by atoms with Gasteiger partial charge in [0, 0.05) is 7.11 Å². The first kappa shape index (κ1) is 10.5. The van der Waals surface area contributed by atoms with Crippen LogP contribution in [0.2, 0.25) is 0 Å². The van der Waals surface area contributed by atoms with Crippen molar-refractivity contribution in [3.8, 4) is 12.3 Å². The normalized spacial score (nSPS) is 38.9. The number of aliphatic hydroxyl groups is 1. The van der Waals surface area contributed by atoms with Crippen molar-refractivity contribution in [3.05, 3.63) is 0 Å². The second kappa shape index (κ2) is 4.58. The Morgan fingerprint density at radius 2 is 2.31 bits per heavy atom. The Hall–Kier alpha value is -0.600. The molecule has 13 heavy (non-hydrogen) atoms. The van der Waals surface area contributed by atoms with Crippen LogP contribution in [0.25, 0.3) is 0 Å². The fourth-order valence-electron chi connectivity index (χ4n) is 1.31. The number of hydrogen-bond acceptors (Lipinski definition) is 4. The van der Waals surface area contributed by atoms with E-state index in [1.807, 2.05) is 0 Å². The molecule has 4 heteroatoms. The summed E-state index contributed by atoms with van der Waals surface area (Å²) in [6, 6.07) is 0. The van der Waals surface area contributed by atoms with Crippen molar-refractivity contribution >= 4 is 0 Å². The maximum Gasteiger partial charge on any atom is 0.186 e. The van der Waals surface area contributed by atoms with E-state index in [0.717, 1.165) is 0 Å². The van der Waals surface area contributed by atoms with E-state index in [1.165, 1.54) is 7.11 Å². The molecule has 1 saturated heterocycles. The molecule has 0 radical (unpaired) electrons. The molecule has 0 aromatic heterocycles. The van der Waals surface area contributed by atoms with E-state index in [9.17, 15) is 5.11 Å². The zero-order valence-corrected chi connectivity index (χ0v) is 7.77. The first-order valence-electron chi connectivity index (χ1n) is 4.12. The monoisotopic (exact) mass is 186 g/mol. The van der Waals surface area contributed by atoms with Crippen LogP contribution in [0.15, 0.2) is 0 Å². The molecule has 0 spiro atoms. The Labute approximate surface area is 77.8 Å². The number of methoxy groups -OCH3 is 1. The molecule has 4 atom stereocenters. The molecule has 1 rings (SSSR count). The third-order valence-electron chi connectivity index (χ3n) is 2.03. The van der Waals surface area contributed by atoms with Crippen LogP contribution in [0.5, 0.6) is 0 Å². The van der Waals surface area contributed by atoms with Gasteiger partial charge in [-0.05, 0) is 6.92 Å². The van der Waals surface area contributed by atoms with E-state index in [0.29, 0.717) is 0 Å². The largest absolute Gasteiger partial charge is 0.387 e. The van der Waals surface area contributed by atoms with Gasteiger partial charge in [-0.3, -0.25) is 0 Å². The lowest BCUT2D eigenvalue weighted by molar-refractivity contribution is -0.157. The molecule has 1 fully saturated rings. The molecule has 1 heterocycles.